The predicted molar refractivity (Wildman–Crippen MR) is 54.1 cm³/mol. The number of para-hydroxylation sites is 1. The Morgan fingerprint density at radius 2 is 1.87 bits per heavy atom. The Kier molecular flexibility index (Phi) is 3.76. The molecule has 15 heavy (non-hydrogen) atoms. The maximum Gasteiger partial charge on any atom is 0.164 e. The van der Waals surface area contributed by atoms with Crippen LogP contribution in [0.25, 0.3) is 5.70 Å². The second-order valence-electron chi connectivity index (χ2n) is 2.67. The normalized spacial score (nSPS) is 10.9. The number of allylic oxidation sites excluding steroid dienone is 1. The number of nitrogens with zero attached hydrogens (tertiary/aromatic N) is 2. The van der Waals surface area contributed by atoms with E-state index >= 15 is 0 Å². The molecule has 0 spiro atoms. The predicted octanol–water partition coefficient (Wildman–Crippen LogP) is 0.961. The third-order valence-corrected chi connectivity index (χ3v) is 1.89. The maximum atomic E-state index is 8.69. The van der Waals surface area contributed by atoms with E-state index in [-0.39, 0.29) is 35.1 Å². The molecule has 0 bridgehead atoms. The topological polar surface area (TPSA) is 68.8 Å². The summed E-state index contributed by atoms with van der Waals surface area (Å²) in [6.07, 6.45) is 0. The Bertz CT molecular complexity index is 480. The first kappa shape index (κ1) is 11.6. The van der Waals surface area contributed by atoms with Crippen molar-refractivity contribution in [3.63, 3.8) is 0 Å². The SMILES string of the molecule is N#CC(C#N)=C1NOc2ccccc21.[Na]. The summed E-state index contributed by atoms with van der Waals surface area (Å²) in [6, 6.07) is 10.8. The summed E-state index contributed by atoms with van der Waals surface area (Å²) in [5, 5.41) is 17.4. The van der Waals surface area contributed by atoms with Crippen molar-refractivity contribution >= 4 is 35.3 Å². The summed E-state index contributed by atoms with van der Waals surface area (Å²) in [5.41, 5.74) is 3.76. The molecular weight excluding hydrogens is 201 g/mol. The Hall–Kier alpha value is -1.46. The molecule has 1 radical (unpaired) electrons. The van der Waals surface area contributed by atoms with Crippen LogP contribution in [0.5, 0.6) is 5.75 Å². The van der Waals surface area contributed by atoms with E-state index in [1.165, 1.54) is 0 Å². The van der Waals surface area contributed by atoms with Crippen molar-refractivity contribution in [1.82, 2.24) is 5.48 Å². The number of benzene rings is 1. The summed E-state index contributed by atoms with van der Waals surface area (Å²) < 4.78 is 0. The largest absolute Gasteiger partial charge is 0.381 e. The van der Waals surface area contributed by atoms with Gasteiger partial charge in [0.15, 0.2) is 11.3 Å². The van der Waals surface area contributed by atoms with Crippen LogP contribution in [0.3, 0.4) is 0 Å². The first-order valence-electron chi connectivity index (χ1n) is 3.93. The molecule has 1 N–H and O–H groups in total. The monoisotopic (exact) mass is 206 g/mol. The molecule has 1 aliphatic rings. The van der Waals surface area contributed by atoms with Gasteiger partial charge in [-0.05, 0) is 12.1 Å². The Balaban J connectivity index is 0.00000112. The fourth-order valence-electron chi connectivity index (χ4n) is 1.25. The van der Waals surface area contributed by atoms with Crippen LogP contribution in [0.1, 0.15) is 5.56 Å². The molecule has 0 saturated carbocycles. The molecule has 0 amide bonds. The number of hydrogen-bond acceptors (Lipinski definition) is 4. The van der Waals surface area contributed by atoms with Gasteiger partial charge in [0.25, 0.3) is 0 Å². The van der Waals surface area contributed by atoms with Crippen LogP contribution in [-0.2, 0) is 0 Å². The van der Waals surface area contributed by atoms with Crippen molar-refractivity contribution in [2.75, 3.05) is 0 Å². The number of rotatable bonds is 0. The molecule has 5 heteroatoms. The Morgan fingerprint density at radius 1 is 1.20 bits per heavy atom. The van der Waals surface area contributed by atoms with E-state index in [2.05, 4.69) is 5.48 Å². The van der Waals surface area contributed by atoms with Crippen LogP contribution >= 0.6 is 0 Å². The summed E-state index contributed by atoms with van der Waals surface area (Å²) in [7, 11) is 0. The van der Waals surface area contributed by atoms with Crippen molar-refractivity contribution < 1.29 is 4.84 Å². The molecule has 1 aliphatic heterocycles. The van der Waals surface area contributed by atoms with Gasteiger partial charge < -0.3 is 4.84 Å². The summed E-state index contributed by atoms with van der Waals surface area (Å²) in [6.45, 7) is 0. The average molecular weight is 206 g/mol. The number of nitrogens with one attached hydrogen (secondary N) is 1. The van der Waals surface area contributed by atoms with Crippen molar-refractivity contribution in [3.8, 4) is 17.9 Å². The molecule has 1 aromatic carbocycles. The third kappa shape index (κ3) is 1.98. The zero-order valence-corrected chi connectivity index (χ0v) is 10.1. The third-order valence-electron chi connectivity index (χ3n) is 1.89. The number of hydroxylamine groups is 1. The van der Waals surface area contributed by atoms with E-state index in [0.29, 0.717) is 11.4 Å². The molecule has 0 fully saturated rings. The first-order chi connectivity index (χ1) is 6.86. The molecule has 0 saturated heterocycles. The summed E-state index contributed by atoms with van der Waals surface area (Å²) in [5.74, 6) is 0.630. The van der Waals surface area contributed by atoms with Crippen molar-refractivity contribution in [2.24, 2.45) is 0 Å². The molecule has 2 rings (SSSR count). The van der Waals surface area contributed by atoms with E-state index in [0.717, 1.165) is 5.56 Å². The molecule has 0 aromatic heterocycles. The van der Waals surface area contributed by atoms with Gasteiger partial charge in [-0.2, -0.15) is 10.5 Å². The fraction of sp³-hybridized carbons (Fsp3) is 0. The van der Waals surface area contributed by atoms with Crippen LogP contribution in [0.4, 0.5) is 0 Å². The molecule has 0 atom stereocenters. The quantitative estimate of drug-likeness (QED) is 0.507. The smallest absolute Gasteiger partial charge is 0.164 e. The van der Waals surface area contributed by atoms with Crippen LogP contribution in [-0.4, -0.2) is 29.6 Å². The van der Waals surface area contributed by atoms with Gasteiger partial charge in [0.1, 0.15) is 17.8 Å². The second kappa shape index (κ2) is 4.86. The van der Waals surface area contributed by atoms with Crippen LogP contribution in [0.2, 0.25) is 0 Å². The van der Waals surface area contributed by atoms with Crippen molar-refractivity contribution in [2.45, 2.75) is 0 Å². The van der Waals surface area contributed by atoms with Crippen molar-refractivity contribution in [1.29, 1.82) is 10.5 Å². The van der Waals surface area contributed by atoms with Crippen LogP contribution in [0.15, 0.2) is 29.8 Å². The number of hydrogen-bond donors (Lipinski definition) is 1. The van der Waals surface area contributed by atoms with Gasteiger partial charge in [0, 0.05) is 35.1 Å². The van der Waals surface area contributed by atoms with Gasteiger partial charge in [-0.1, -0.05) is 12.1 Å². The molecule has 0 aliphatic carbocycles. The molecular formula is C10H5N3NaO. The Morgan fingerprint density at radius 3 is 2.53 bits per heavy atom. The summed E-state index contributed by atoms with van der Waals surface area (Å²) >= 11 is 0. The van der Waals surface area contributed by atoms with E-state index in [1.54, 1.807) is 12.1 Å². The minimum Gasteiger partial charge on any atom is -0.381 e. The number of nitriles is 2. The van der Waals surface area contributed by atoms with Gasteiger partial charge in [-0.15, -0.1) is 0 Å². The molecule has 1 heterocycles. The number of fused-ring (bicyclic) bond motifs is 1. The van der Waals surface area contributed by atoms with Gasteiger partial charge in [0.05, 0.1) is 0 Å². The van der Waals surface area contributed by atoms with E-state index in [9.17, 15) is 0 Å². The fourth-order valence-corrected chi connectivity index (χ4v) is 1.25. The van der Waals surface area contributed by atoms with E-state index in [1.807, 2.05) is 24.3 Å². The standard InChI is InChI=1S/C10H5N3O.Na/c11-5-7(6-12)10-8-3-1-2-4-9(8)14-13-10;/h1-4,13H;. The van der Waals surface area contributed by atoms with Crippen molar-refractivity contribution in [3.05, 3.63) is 35.4 Å². The summed E-state index contributed by atoms with van der Waals surface area (Å²) in [4.78, 5) is 5.09. The molecule has 67 valence electrons. The molecule has 1 aromatic rings. The second-order valence-corrected chi connectivity index (χ2v) is 2.67. The van der Waals surface area contributed by atoms with E-state index < -0.39 is 0 Å². The van der Waals surface area contributed by atoms with Gasteiger partial charge in [-0.25, -0.2) is 5.48 Å². The van der Waals surface area contributed by atoms with Crippen LogP contribution < -0.4 is 10.3 Å². The molecule has 4 nitrogen and oxygen atoms in total. The zero-order chi connectivity index (χ0) is 9.97. The minimum absolute atomic E-state index is 0. The first-order valence-corrected chi connectivity index (χ1v) is 3.93. The van der Waals surface area contributed by atoms with E-state index in [4.69, 9.17) is 15.4 Å². The van der Waals surface area contributed by atoms with Gasteiger partial charge >= 0.3 is 0 Å². The maximum absolute atomic E-state index is 8.69. The Labute approximate surface area is 109 Å². The van der Waals surface area contributed by atoms with Gasteiger partial charge in [-0.3, -0.25) is 0 Å². The zero-order valence-electron chi connectivity index (χ0n) is 8.11. The molecule has 0 unspecified atom stereocenters. The average Bonchev–Trinajstić information content (AvgIpc) is 2.65. The minimum atomic E-state index is 0. The van der Waals surface area contributed by atoms with Gasteiger partial charge in [0.2, 0.25) is 0 Å². The van der Waals surface area contributed by atoms with Crippen LogP contribution in [0, 0.1) is 22.7 Å².